The molecule has 1 aliphatic heterocycles. The molecular formula is C25H26N2O3. The average Bonchev–Trinajstić information content (AvgIpc) is 2.79. The molecule has 5 heteroatoms. The Bertz CT molecular complexity index is 1080. The van der Waals surface area contributed by atoms with Crippen LogP contribution >= 0.6 is 0 Å². The van der Waals surface area contributed by atoms with Gasteiger partial charge in [-0.2, -0.15) is 0 Å². The molecule has 0 aromatic heterocycles. The molecule has 2 amide bonds. The number of methoxy groups -OCH3 is 1. The summed E-state index contributed by atoms with van der Waals surface area (Å²) in [6.45, 7) is 3.10. The Labute approximate surface area is 176 Å². The minimum Gasteiger partial charge on any atom is -0.496 e. The molecule has 1 unspecified atom stereocenters. The van der Waals surface area contributed by atoms with Crippen LogP contribution in [0.2, 0.25) is 0 Å². The highest BCUT2D eigenvalue weighted by molar-refractivity contribution is 6.08. The molecule has 1 N–H and O–H groups in total. The summed E-state index contributed by atoms with van der Waals surface area (Å²) in [6.07, 6.45) is 1.59. The molecule has 3 aromatic rings. The van der Waals surface area contributed by atoms with Crippen LogP contribution in [-0.2, 0) is 4.79 Å². The number of anilines is 1. The highest BCUT2D eigenvalue weighted by Gasteiger charge is 2.29. The van der Waals surface area contributed by atoms with E-state index in [0.717, 1.165) is 40.6 Å². The number of carbonyl (C=O) groups is 2. The number of fused-ring (bicyclic) bond motifs is 1. The summed E-state index contributed by atoms with van der Waals surface area (Å²) < 4.78 is 5.44. The van der Waals surface area contributed by atoms with Crippen molar-refractivity contribution in [3.05, 3.63) is 71.8 Å². The van der Waals surface area contributed by atoms with Crippen LogP contribution in [0.1, 0.15) is 28.8 Å². The Morgan fingerprint density at radius 2 is 1.73 bits per heavy atom. The third kappa shape index (κ3) is 4.01. The fourth-order valence-corrected chi connectivity index (χ4v) is 4.06. The Balaban J connectivity index is 1.52. The maximum atomic E-state index is 13.3. The van der Waals surface area contributed by atoms with Gasteiger partial charge in [-0.15, -0.1) is 0 Å². The summed E-state index contributed by atoms with van der Waals surface area (Å²) in [7, 11) is 1.63. The second kappa shape index (κ2) is 8.57. The first-order valence-corrected chi connectivity index (χ1v) is 10.3. The smallest absolute Gasteiger partial charge is 0.254 e. The van der Waals surface area contributed by atoms with E-state index >= 15 is 0 Å². The van der Waals surface area contributed by atoms with E-state index in [2.05, 4.69) is 5.32 Å². The SMILES string of the molecule is COc1ccc(C(=O)N2CCCC(C(=O)Nc3ccc(C)cc3)C2)c2ccccc12. The van der Waals surface area contributed by atoms with E-state index in [1.807, 2.05) is 67.6 Å². The van der Waals surface area contributed by atoms with Crippen molar-refractivity contribution in [1.82, 2.24) is 4.90 Å². The maximum absolute atomic E-state index is 13.3. The van der Waals surface area contributed by atoms with Crippen LogP contribution in [-0.4, -0.2) is 36.9 Å². The molecule has 5 nitrogen and oxygen atoms in total. The normalized spacial score (nSPS) is 16.3. The lowest BCUT2D eigenvalue weighted by Crippen LogP contribution is -2.43. The van der Waals surface area contributed by atoms with E-state index in [9.17, 15) is 9.59 Å². The van der Waals surface area contributed by atoms with Crippen LogP contribution in [0.3, 0.4) is 0 Å². The van der Waals surface area contributed by atoms with Gasteiger partial charge >= 0.3 is 0 Å². The van der Waals surface area contributed by atoms with Gasteiger partial charge in [0.05, 0.1) is 13.0 Å². The van der Waals surface area contributed by atoms with Crippen LogP contribution < -0.4 is 10.1 Å². The number of nitrogens with one attached hydrogen (secondary N) is 1. The van der Waals surface area contributed by atoms with Crippen molar-refractivity contribution >= 4 is 28.3 Å². The van der Waals surface area contributed by atoms with Crippen LogP contribution in [0.5, 0.6) is 5.75 Å². The fraction of sp³-hybridized carbons (Fsp3) is 0.280. The minimum atomic E-state index is -0.214. The predicted octanol–water partition coefficient (Wildman–Crippen LogP) is 4.65. The number of rotatable bonds is 4. The van der Waals surface area contributed by atoms with Gasteiger partial charge in [0.2, 0.25) is 5.91 Å². The molecule has 0 radical (unpaired) electrons. The van der Waals surface area contributed by atoms with Crippen molar-refractivity contribution in [2.45, 2.75) is 19.8 Å². The summed E-state index contributed by atoms with van der Waals surface area (Å²) >= 11 is 0. The molecule has 4 rings (SSSR count). The molecular weight excluding hydrogens is 376 g/mol. The lowest BCUT2D eigenvalue weighted by Gasteiger charge is -2.32. The van der Waals surface area contributed by atoms with E-state index in [4.69, 9.17) is 4.74 Å². The molecule has 154 valence electrons. The lowest BCUT2D eigenvalue weighted by atomic mass is 9.95. The quantitative estimate of drug-likeness (QED) is 0.691. The van der Waals surface area contributed by atoms with Crippen molar-refractivity contribution < 1.29 is 14.3 Å². The van der Waals surface area contributed by atoms with Gasteiger partial charge in [0, 0.05) is 29.7 Å². The molecule has 1 fully saturated rings. The van der Waals surface area contributed by atoms with E-state index in [1.165, 1.54) is 0 Å². The second-order valence-electron chi connectivity index (χ2n) is 7.81. The summed E-state index contributed by atoms with van der Waals surface area (Å²) in [5, 5.41) is 4.77. The van der Waals surface area contributed by atoms with Crippen LogP contribution in [0.15, 0.2) is 60.7 Å². The van der Waals surface area contributed by atoms with Crippen LogP contribution in [0.4, 0.5) is 5.69 Å². The Hall–Kier alpha value is -3.34. The fourth-order valence-electron chi connectivity index (χ4n) is 4.06. The topological polar surface area (TPSA) is 58.6 Å². The number of amides is 2. The third-order valence-corrected chi connectivity index (χ3v) is 5.73. The standard InChI is InChI=1S/C25H26N2O3/c1-17-9-11-19(12-10-17)26-24(28)18-6-5-15-27(16-18)25(29)22-13-14-23(30-2)21-8-4-3-7-20(21)22/h3-4,7-14,18H,5-6,15-16H2,1-2H3,(H,26,28). The van der Waals surface area contributed by atoms with Gasteiger partial charge in [0.1, 0.15) is 5.75 Å². The van der Waals surface area contributed by atoms with Gasteiger partial charge in [-0.1, -0.05) is 42.0 Å². The van der Waals surface area contributed by atoms with Crippen LogP contribution in [0, 0.1) is 12.8 Å². The predicted molar refractivity (Wildman–Crippen MR) is 119 cm³/mol. The summed E-state index contributed by atoms with van der Waals surface area (Å²) in [4.78, 5) is 27.9. The van der Waals surface area contributed by atoms with Crippen molar-refractivity contribution in [3.8, 4) is 5.75 Å². The molecule has 3 aromatic carbocycles. The Morgan fingerprint density at radius 3 is 2.47 bits per heavy atom. The monoisotopic (exact) mass is 402 g/mol. The molecule has 30 heavy (non-hydrogen) atoms. The summed E-state index contributed by atoms with van der Waals surface area (Å²) in [6, 6.07) is 19.2. The van der Waals surface area contributed by atoms with Gasteiger partial charge in [0.15, 0.2) is 0 Å². The van der Waals surface area contributed by atoms with Crippen molar-refractivity contribution in [2.24, 2.45) is 5.92 Å². The maximum Gasteiger partial charge on any atom is 0.254 e. The molecule has 0 aliphatic carbocycles. The first-order valence-electron chi connectivity index (χ1n) is 10.3. The Morgan fingerprint density at radius 1 is 1.00 bits per heavy atom. The zero-order valence-electron chi connectivity index (χ0n) is 17.4. The highest BCUT2D eigenvalue weighted by atomic mass is 16.5. The number of nitrogens with zero attached hydrogens (tertiary/aromatic N) is 1. The molecule has 1 heterocycles. The first kappa shape index (κ1) is 20.0. The number of benzene rings is 3. The van der Waals surface area contributed by atoms with E-state index < -0.39 is 0 Å². The number of piperidine rings is 1. The minimum absolute atomic E-state index is 0.0315. The van der Waals surface area contributed by atoms with Crippen LogP contribution in [0.25, 0.3) is 10.8 Å². The Kier molecular flexibility index (Phi) is 5.70. The number of carbonyl (C=O) groups excluding carboxylic acids is 2. The number of aryl methyl sites for hydroxylation is 1. The van der Waals surface area contributed by atoms with E-state index in [1.54, 1.807) is 12.0 Å². The molecule has 1 saturated heterocycles. The molecule has 1 atom stereocenters. The van der Waals surface area contributed by atoms with Gasteiger partial charge in [-0.25, -0.2) is 0 Å². The van der Waals surface area contributed by atoms with Crippen molar-refractivity contribution in [1.29, 1.82) is 0 Å². The number of hydrogen-bond donors (Lipinski definition) is 1. The van der Waals surface area contributed by atoms with Gasteiger partial charge < -0.3 is 15.0 Å². The summed E-state index contributed by atoms with van der Waals surface area (Å²) in [5.74, 6) is 0.460. The lowest BCUT2D eigenvalue weighted by molar-refractivity contribution is -0.121. The van der Waals surface area contributed by atoms with E-state index in [0.29, 0.717) is 18.7 Å². The number of hydrogen-bond acceptors (Lipinski definition) is 3. The van der Waals surface area contributed by atoms with Gasteiger partial charge in [-0.3, -0.25) is 9.59 Å². The largest absolute Gasteiger partial charge is 0.496 e. The zero-order valence-corrected chi connectivity index (χ0v) is 17.4. The zero-order chi connectivity index (χ0) is 21.1. The number of ether oxygens (including phenoxy) is 1. The third-order valence-electron chi connectivity index (χ3n) is 5.73. The van der Waals surface area contributed by atoms with Gasteiger partial charge in [-0.05, 0) is 49.4 Å². The van der Waals surface area contributed by atoms with Crippen molar-refractivity contribution in [2.75, 3.05) is 25.5 Å². The number of likely N-dealkylation sites (tertiary alicyclic amines) is 1. The summed E-state index contributed by atoms with van der Waals surface area (Å²) in [5.41, 5.74) is 2.58. The van der Waals surface area contributed by atoms with Gasteiger partial charge in [0.25, 0.3) is 5.91 Å². The molecule has 0 spiro atoms. The first-order chi connectivity index (χ1) is 14.6. The van der Waals surface area contributed by atoms with Crippen molar-refractivity contribution in [3.63, 3.8) is 0 Å². The van der Waals surface area contributed by atoms with E-state index in [-0.39, 0.29) is 17.7 Å². The average molecular weight is 402 g/mol. The molecule has 0 saturated carbocycles. The molecule has 0 bridgehead atoms. The highest BCUT2D eigenvalue weighted by Crippen LogP contribution is 2.30. The second-order valence-corrected chi connectivity index (χ2v) is 7.81. The molecule has 1 aliphatic rings.